The number of fused-ring (bicyclic) bond motifs is 2. The summed E-state index contributed by atoms with van der Waals surface area (Å²) in [7, 11) is 1.64. The Morgan fingerprint density at radius 2 is 1.86 bits per heavy atom. The SMILES string of the molecule is COc1ccc(CN2CCC(NC(=O)CC3CC4CCC(C3)N4)C2=O)cc1.Cl. The molecule has 3 heterocycles. The molecule has 154 valence electrons. The summed E-state index contributed by atoms with van der Waals surface area (Å²) < 4.78 is 5.17. The number of piperidine rings is 1. The molecule has 1 aromatic carbocycles. The van der Waals surface area contributed by atoms with Crippen LogP contribution in [-0.2, 0) is 16.1 Å². The third-order valence-electron chi connectivity index (χ3n) is 6.21. The standard InChI is InChI=1S/C21H29N3O3.ClH/c1-27-18-6-2-14(3-7-18)13-24-9-8-19(21(24)26)23-20(25)12-15-10-16-4-5-17(11-15)22-16;/h2-3,6-7,15-17,19,22H,4-5,8-13H2,1H3,(H,23,25);1H. The molecule has 0 saturated carbocycles. The largest absolute Gasteiger partial charge is 0.497 e. The number of amides is 2. The number of carbonyl (C=O) groups excluding carboxylic acids is 2. The summed E-state index contributed by atoms with van der Waals surface area (Å²) in [6, 6.07) is 8.58. The topological polar surface area (TPSA) is 70.7 Å². The van der Waals surface area contributed by atoms with Crippen molar-refractivity contribution in [3.8, 4) is 5.75 Å². The summed E-state index contributed by atoms with van der Waals surface area (Å²) >= 11 is 0. The van der Waals surface area contributed by atoms with Gasteiger partial charge in [0, 0.05) is 31.6 Å². The lowest BCUT2D eigenvalue weighted by atomic mass is 9.89. The number of nitrogens with one attached hydrogen (secondary N) is 2. The molecule has 0 aliphatic carbocycles. The number of benzene rings is 1. The van der Waals surface area contributed by atoms with Crippen LogP contribution in [0.1, 0.15) is 44.1 Å². The second-order valence-corrected chi connectivity index (χ2v) is 8.20. The van der Waals surface area contributed by atoms with Gasteiger partial charge in [-0.15, -0.1) is 12.4 Å². The summed E-state index contributed by atoms with van der Waals surface area (Å²) in [6.45, 7) is 1.26. The summed E-state index contributed by atoms with van der Waals surface area (Å²) in [5, 5.41) is 6.60. The Morgan fingerprint density at radius 3 is 2.50 bits per heavy atom. The van der Waals surface area contributed by atoms with Gasteiger partial charge in [0.05, 0.1) is 7.11 Å². The minimum Gasteiger partial charge on any atom is -0.497 e. The van der Waals surface area contributed by atoms with Crippen LogP contribution in [0.25, 0.3) is 0 Å². The van der Waals surface area contributed by atoms with Crippen LogP contribution < -0.4 is 15.4 Å². The van der Waals surface area contributed by atoms with Crippen molar-refractivity contribution in [2.24, 2.45) is 5.92 Å². The van der Waals surface area contributed by atoms with E-state index in [4.69, 9.17) is 4.74 Å². The molecular weight excluding hydrogens is 378 g/mol. The summed E-state index contributed by atoms with van der Waals surface area (Å²) in [6.07, 6.45) is 5.90. The molecule has 4 rings (SSSR count). The first-order valence-corrected chi connectivity index (χ1v) is 10.1. The average molecular weight is 408 g/mol. The van der Waals surface area contributed by atoms with Gasteiger partial charge in [0.2, 0.25) is 11.8 Å². The lowest BCUT2D eigenvalue weighted by molar-refractivity contribution is -0.133. The van der Waals surface area contributed by atoms with E-state index in [1.54, 1.807) is 7.11 Å². The Labute approximate surface area is 172 Å². The van der Waals surface area contributed by atoms with Gasteiger partial charge in [-0.2, -0.15) is 0 Å². The first kappa shape index (κ1) is 20.9. The maximum atomic E-state index is 12.7. The summed E-state index contributed by atoms with van der Waals surface area (Å²) in [5.74, 6) is 1.33. The highest BCUT2D eigenvalue weighted by Gasteiger charge is 2.36. The lowest BCUT2D eigenvalue weighted by Gasteiger charge is -2.28. The number of likely N-dealkylation sites (tertiary alicyclic amines) is 1. The van der Waals surface area contributed by atoms with Gasteiger partial charge in [-0.3, -0.25) is 9.59 Å². The van der Waals surface area contributed by atoms with E-state index < -0.39 is 0 Å². The fourth-order valence-corrected chi connectivity index (χ4v) is 4.84. The Hall–Kier alpha value is -1.79. The molecule has 3 aliphatic heterocycles. The van der Waals surface area contributed by atoms with E-state index in [1.165, 1.54) is 12.8 Å². The van der Waals surface area contributed by atoms with E-state index in [1.807, 2.05) is 29.2 Å². The highest BCUT2D eigenvalue weighted by molar-refractivity contribution is 5.89. The molecule has 1 aromatic rings. The van der Waals surface area contributed by atoms with Gasteiger partial charge in [0.25, 0.3) is 0 Å². The Balaban J connectivity index is 0.00000225. The van der Waals surface area contributed by atoms with Gasteiger partial charge in [-0.05, 0) is 55.7 Å². The second kappa shape index (κ2) is 9.14. The number of halogens is 1. The highest BCUT2D eigenvalue weighted by Crippen LogP contribution is 2.32. The van der Waals surface area contributed by atoms with Gasteiger partial charge in [-0.1, -0.05) is 12.1 Å². The molecule has 0 radical (unpaired) electrons. The van der Waals surface area contributed by atoms with Crippen LogP contribution in [0.2, 0.25) is 0 Å². The number of rotatable bonds is 6. The number of ether oxygens (including phenoxy) is 1. The molecule has 7 heteroatoms. The quantitative estimate of drug-likeness (QED) is 0.758. The maximum Gasteiger partial charge on any atom is 0.245 e. The molecular formula is C21H30ClN3O3. The van der Waals surface area contributed by atoms with E-state index in [0.717, 1.165) is 24.2 Å². The van der Waals surface area contributed by atoms with Gasteiger partial charge >= 0.3 is 0 Å². The van der Waals surface area contributed by atoms with E-state index in [-0.39, 0.29) is 30.3 Å². The van der Waals surface area contributed by atoms with E-state index in [2.05, 4.69) is 10.6 Å². The molecule has 0 spiro atoms. The van der Waals surface area contributed by atoms with Crippen molar-refractivity contribution in [1.82, 2.24) is 15.5 Å². The van der Waals surface area contributed by atoms with Crippen LogP contribution in [0.3, 0.4) is 0 Å². The molecule has 2 amide bonds. The zero-order valence-corrected chi connectivity index (χ0v) is 17.2. The fraction of sp³-hybridized carbons (Fsp3) is 0.619. The molecule has 2 N–H and O–H groups in total. The van der Waals surface area contributed by atoms with Crippen molar-refractivity contribution in [2.45, 2.75) is 63.2 Å². The minimum atomic E-state index is -0.366. The molecule has 0 aromatic heterocycles. The third-order valence-corrected chi connectivity index (χ3v) is 6.21. The zero-order valence-electron chi connectivity index (χ0n) is 16.4. The summed E-state index contributed by atoms with van der Waals surface area (Å²) in [4.78, 5) is 26.9. The smallest absolute Gasteiger partial charge is 0.245 e. The molecule has 6 nitrogen and oxygen atoms in total. The zero-order chi connectivity index (χ0) is 18.8. The molecule has 3 aliphatic rings. The Kier molecular flexibility index (Phi) is 6.83. The second-order valence-electron chi connectivity index (χ2n) is 8.20. The molecule has 3 atom stereocenters. The lowest BCUT2D eigenvalue weighted by Crippen LogP contribution is -2.43. The van der Waals surface area contributed by atoms with Crippen molar-refractivity contribution in [3.63, 3.8) is 0 Å². The van der Waals surface area contributed by atoms with E-state index in [9.17, 15) is 9.59 Å². The Morgan fingerprint density at radius 1 is 1.18 bits per heavy atom. The van der Waals surface area contributed by atoms with Crippen molar-refractivity contribution in [3.05, 3.63) is 29.8 Å². The van der Waals surface area contributed by atoms with Crippen molar-refractivity contribution < 1.29 is 14.3 Å². The predicted molar refractivity (Wildman–Crippen MR) is 109 cm³/mol. The van der Waals surface area contributed by atoms with Crippen LogP contribution in [0, 0.1) is 5.92 Å². The van der Waals surface area contributed by atoms with E-state index in [0.29, 0.717) is 43.9 Å². The first-order chi connectivity index (χ1) is 13.1. The van der Waals surface area contributed by atoms with Crippen LogP contribution >= 0.6 is 12.4 Å². The van der Waals surface area contributed by atoms with Gasteiger partial charge in [-0.25, -0.2) is 0 Å². The maximum absolute atomic E-state index is 12.7. The third kappa shape index (κ3) is 4.78. The minimum absolute atomic E-state index is 0. The van der Waals surface area contributed by atoms with Crippen LogP contribution in [0.15, 0.2) is 24.3 Å². The number of hydrogen-bond acceptors (Lipinski definition) is 4. The predicted octanol–water partition coefficient (Wildman–Crippen LogP) is 2.25. The van der Waals surface area contributed by atoms with Crippen molar-refractivity contribution in [1.29, 1.82) is 0 Å². The molecule has 3 saturated heterocycles. The van der Waals surface area contributed by atoms with Crippen LogP contribution in [-0.4, -0.2) is 48.5 Å². The number of hydrogen-bond donors (Lipinski definition) is 2. The van der Waals surface area contributed by atoms with Crippen molar-refractivity contribution in [2.75, 3.05) is 13.7 Å². The Bertz CT molecular complexity index is 685. The van der Waals surface area contributed by atoms with E-state index >= 15 is 0 Å². The summed E-state index contributed by atoms with van der Waals surface area (Å²) in [5.41, 5.74) is 1.07. The number of methoxy groups -OCH3 is 1. The van der Waals surface area contributed by atoms with Gasteiger partial charge in [0.1, 0.15) is 11.8 Å². The number of carbonyl (C=O) groups is 2. The van der Waals surface area contributed by atoms with Gasteiger partial charge < -0.3 is 20.3 Å². The monoisotopic (exact) mass is 407 g/mol. The first-order valence-electron chi connectivity index (χ1n) is 10.1. The van der Waals surface area contributed by atoms with Crippen LogP contribution in [0.4, 0.5) is 0 Å². The van der Waals surface area contributed by atoms with Gasteiger partial charge in [0.15, 0.2) is 0 Å². The number of nitrogens with zero attached hydrogens (tertiary/aromatic N) is 1. The van der Waals surface area contributed by atoms with Crippen LogP contribution in [0.5, 0.6) is 5.75 Å². The molecule has 3 unspecified atom stereocenters. The normalized spacial score (nSPS) is 28.8. The fourth-order valence-electron chi connectivity index (χ4n) is 4.84. The molecule has 28 heavy (non-hydrogen) atoms. The molecule has 3 fully saturated rings. The van der Waals surface area contributed by atoms with Crippen molar-refractivity contribution >= 4 is 24.2 Å². The average Bonchev–Trinajstić information content (AvgIpc) is 3.18. The molecule has 2 bridgehead atoms. The highest BCUT2D eigenvalue weighted by atomic mass is 35.5.